The smallest absolute Gasteiger partial charge is 0.335 e. The summed E-state index contributed by atoms with van der Waals surface area (Å²) < 4.78 is 5.90. The molecule has 1 atom stereocenters. The number of rotatable bonds is 9. The molecule has 2 aromatic carbocycles. The number of unbranched alkanes of at least 4 members (excludes halogenated alkanes) is 1. The molecular formula is C25H26N2O3S. The number of thiophene rings is 1. The highest BCUT2D eigenvalue weighted by atomic mass is 32.1. The minimum absolute atomic E-state index is 0.231. The van der Waals surface area contributed by atoms with Gasteiger partial charge in [-0.05, 0) is 48.7 Å². The quantitative estimate of drug-likeness (QED) is 0.314. The van der Waals surface area contributed by atoms with Gasteiger partial charge in [-0.1, -0.05) is 44.0 Å². The average molecular weight is 435 g/mol. The Balaban J connectivity index is 1.47. The summed E-state index contributed by atoms with van der Waals surface area (Å²) in [4.78, 5) is 20.6. The molecule has 0 saturated carbocycles. The van der Waals surface area contributed by atoms with Gasteiger partial charge in [0.25, 0.3) is 0 Å². The molecule has 0 bridgehead atoms. The van der Waals surface area contributed by atoms with Crippen molar-refractivity contribution in [1.82, 2.24) is 9.97 Å². The second kappa shape index (κ2) is 9.35. The van der Waals surface area contributed by atoms with Gasteiger partial charge in [0.2, 0.25) is 0 Å². The first kappa shape index (κ1) is 21.1. The summed E-state index contributed by atoms with van der Waals surface area (Å²) in [6, 6.07) is 15.0. The average Bonchev–Trinajstić information content (AvgIpc) is 3.35. The number of carboxylic acid groups (broad SMARTS) is 1. The Morgan fingerprint density at radius 1 is 1.16 bits per heavy atom. The third kappa shape index (κ3) is 4.80. The fourth-order valence-electron chi connectivity index (χ4n) is 3.70. The lowest BCUT2D eigenvalue weighted by atomic mass is 9.93. The molecule has 2 N–H and O–H groups in total. The largest absolute Gasteiger partial charge is 0.489 e. The zero-order chi connectivity index (χ0) is 21.8. The van der Waals surface area contributed by atoms with Gasteiger partial charge in [-0.3, -0.25) is 0 Å². The lowest BCUT2D eigenvalue weighted by Crippen LogP contribution is -2.04. The maximum absolute atomic E-state index is 11.0. The van der Waals surface area contributed by atoms with Crippen LogP contribution in [0.25, 0.3) is 11.0 Å². The number of H-pyrrole nitrogens is 1. The lowest BCUT2D eigenvalue weighted by Gasteiger charge is -2.16. The fourth-order valence-corrected chi connectivity index (χ4v) is 4.44. The standard InChI is InChI=1S/C25H26N2O3S/c1-3-4-5-21(24-26-22-15-31-16(2)23(22)27-24)18-10-12-20(13-11-18)30-14-17-6-8-19(9-7-17)25(28)29/h6-13,15,21H,3-5,14H2,1-2H3,(H,26,27)(H,28,29). The summed E-state index contributed by atoms with van der Waals surface area (Å²) >= 11 is 1.73. The van der Waals surface area contributed by atoms with Gasteiger partial charge in [0.15, 0.2) is 0 Å². The summed E-state index contributed by atoms with van der Waals surface area (Å²) in [5, 5.41) is 11.1. The summed E-state index contributed by atoms with van der Waals surface area (Å²) in [7, 11) is 0. The molecule has 2 heterocycles. The van der Waals surface area contributed by atoms with Gasteiger partial charge in [0.1, 0.15) is 23.7 Å². The van der Waals surface area contributed by atoms with E-state index in [1.807, 2.05) is 12.1 Å². The molecule has 0 radical (unpaired) electrons. The zero-order valence-electron chi connectivity index (χ0n) is 17.7. The number of ether oxygens (including phenoxy) is 1. The molecule has 31 heavy (non-hydrogen) atoms. The van der Waals surface area contributed by atoms with Crippen LogP contribution in [-0.2, 0) is 6.61 Å². The van der Waals surface area contributed by atoms with Crippen molar-refractivity contribution in [3.63, 3.8) is 0 Å². The number of imidazole rings is 1. The highest BCUT2D eigenvalue weighted by Crippen LogP contribution is 2.32. The molecule has 5 nitrogen and oxygen atoms in total. The highest BCUT2D eigenvalue weighted by Gasteiger charge is 2.19. The molecule has 0 aliphatic rings. The number of aromatic amines is 1. The number of hydrogen-bond donors (Lipinski definition) is 2. The Kier molecular flexibility index (Phi) is 6.37. The number of aromatic carboxylic acids is 1. The van der Waals surface area contributed by atoms with Crippen LogP contribution in [0.15, 0.2) is 53.9 Å². The van der Waals surface area contributed by atoms with Gasteiger partial charge in [-0.25, -0.2) is 9.78 Å². The molecule has 0 saturated heterocycles. The number of fused-ring (bicyclic) bond motifs is 1. The molecule has 0 amide bonds. The van der Waals surface area contributed by atoms with Crippen LogP contribution in [0, 0.1) is 6.92 Å². The Morgan fingerprint density at radius 2 is 1.90 bits per heavy atom. The van der Waals surface area contributed by atoms with Crippen molar-refractivity contribution in [1.29, 1.82) is 0 Å². The first-order valence-electron chi connectivity index (χ1n) is 10.5. The monoisotopic (exact) mass is 434 g/mol. The van der Waals surface area contributed by atoms with E-state index in [9.17, 15) is 4.79 Å². The molecule has 0 aliphatic carbocycles. The van der Waals surface area contributed by atoms with Gasteiger partial charge in [0, 0.05) is 16.2 Å². The van der Waals surface area contributed by atoms with E-state index in [2.05, 4.69) is 36.3 Å². The van der Waals surface area contributed by atoms with Crippen molar-refractivity contribution in [3.8, 4) is 5.75 Å². The zero-order valence-corrected chi connectivity index (χ0v) is 18.5. The number of nitrogens with one attached hydrogen (secondary N) is 1. The van der Waals surface area contributed by atoms with Gasteiger partial charge in [-0.15, -0.1) is 11.3 Å². The number of carbonyl (C=O) groups is 1. The van der Waals surface area contributed by atoms with Crippen molar-refractivity contribution >= 4 is 28.3 Å². The second-order valence-corrected chi connectivity index (χ2v) is 8.81. The summed E-state index contributed by atoms with van der Waals surface area (Å²) in [5.74, 6) is 1.12. The maximum Gasteiger partial charge on any atom is 0.335 e. The molecule has 1 unspecified atom stereocenters. The van der Waals surface area contributed by atoms with Crippen molar-refractivity contribution in [2.75, 3.05) is 0 Å². The van der Waals surface area contributed by atoms with E-state index < -0.39 is 5.97 Å². The summed E-state index contributed by atoms with van der Waals surface area (Å²) in [5.41, 5.74) is 4.63. The van der Waals surface area contributed by atoms with E-state index in [4.69, 9.17) is 14.8 Å². The van der Waals surface area contributed by atoms with Crippen LogP contribution in [0.2, 0.25) is 0 Å². The number of carboxylic acids is 1. The third-order valence-electron chi connectivity index (χ3n) is 5.50. The van der Waals surface area contributed by atoms with Crippen LogP contribution in [0.5, 0.6) is 5.75 Å². The molecule has 0 aliphatic heterocycles. The van der Waals surface area contributed by atoms with Crippen LogP contribution < -0.4 is 4.74 Å². The number of nitrogens with zero attached hydrogens (tertiary/aromatic N) is 1. The van der Waals surface area contributed by atoms with E-state index in [0.717, 1.165) is 47.4 Å². The van der Waals surface area contributed by atoms with Gasteiger partial charge in [0.05, 0.1) is 11.1 Å². The SMILES string of the molecule is CCCCC(c1ccc(OCc2ccc(C(=O)O)cc2)cc1)c1nc2c(C)scc2[nH]1. The van der Waals surface area contributed by atoms with Crippen molar-refractivity contribution in [2.45, 2.75) is 45.6 Å². The lowest BCUT2D eigenvalue weighted by molar-refractivity contribution is 0.0697. The van der Waals surface area contributed by atoms with Crippen molar-refractivity contribution < 1.29 is 14.6 Å². The minimum atomic E-state index is -0.924. The first-order chi connectivity index (χ1) is 15.0. The Bertz CT molecular complexity index is 1160. The van der Waals surface area contributed by atoms with Crippen LogP contribution in [0.1, 0.15) is 64.3 Å². The molecular weight excluding hydrogens is 408 g/mol. The van der Waals surface area contributed by atoms with E-state index >= 15 is 0 Å². The predicted molar refractivity (Wildman–Crippen MR) is 124 cm³/mol. The highest BCUT2D eigenvalue weighted by molar-refractivity contribution is 7.11. The molecule has 4 aromatic rings. The second-order valence-electron chi connectivity index (χ2n) is 7.73. The number of benzene rings is 2. The fraction of sp³-hybridized carbons (Fsp3) is 0.280. The Hall–Kier alpha value is -3.12. The maximum atomic E-state index is 11.0. The predicted octanol–water partition coefficient (Wildman–Crippen LogP) is 6.53. The Morgan fingerprint density at radius 3 is 2.55 bits per heavy atom. The topological polar surface area (TPSA) is 75.2 Å². The molecule has 0 fully saturated rings. The van der Waals surface area contributed by atoms with Gasteiger partial charge in [-0.2, -0.15) is 0 Å². The van der Waals surface area contributed by atoms with Crippen molar-refractivity contribution in [2.24, 2.45) is 0 Å². The van der Waals surface area contributed by atoms with Crippen LogP contribution in [0.4, 0.5) is 0 Å². The van der Waals surface area contributed by atoms with Crippen LogP contribution in [0.3, 0.4) is 0 Å². The van der Waals surface area contributed by atoms with Crippen molar-refractivity contribution in [3.05, 3.63) is 81.3 Å². The number of aryl methyl sites for hydroxylation is 1. The van der Waals surface area contributed by atoms with Crippen LogP contribution in [-0.4, -0.2) is 21.0 Å². The van der Waals surface area contributed by atoms with E-state index in [-0.39, 0.29) is 11.5 Å². The summed E-state index contributed by atoms with van der Waals surface area (Å²) in [6.45, 7) is 4.72. The summed E-state index contributed by atoms with van der Waals surface area (Å²) in [6.07, 6.45) is 3.33. The molecule has 6 heteroatoms. The number of hydrogen-bond acceptors (Lipinski definition) is 4. The first-order valence-corrected chi connectivity index (χ1v) is 11.4. The van der Waals surface area contributed by atoms with E-state index in [1.165, 1.54) is 10.4 Å². The van der Waals surface area contributed by atoms with E-state index in [1.54, 1.807) is 35.6 Å². The van der Waals surface area contributed by atoms with Gasteiger partial charge >= 0.3 is 5.97 Å². The molecule has 4 rings (SSSR count). The van der Waals surface area contributed by atoms with E-state index in [0.29, 0.717) is 6.61 Å². The molecule has 160 valence electrons. The number of aromatic nitrogens is 2. The third-order valence-corrected chi connectivity index (χ3v) is 6.40. The van der Waals surface area contributed by atoms with Gasteiger partial charge < -0.3 is 14.8 Å². The molecule has 0 spiro atoms. The normalized spacial score (nSPS) is 12.2. The molecule has 2 aromatic heterocycles. The Labute approximate surface area is 185 Å². The minimum Gasteiger partial charge on any atom is -0.489 e. The van der Waals surface area contributed by atoms with Crippen LogP contribution >= 0.6 is 11.3 Å².